The minimum absolute atomic E-state index is 0.0226. The second-order valence-electron chi connectivity index (χ2n) is 3.57. The highest BCUT2D eigenvalue weighted by atomic mass is 32.2. The molecule has 0 saturated carbocycles. The Hall–Kier alpha value is -1.11. The summed E-state index contributed by atoms with van der Waals surface area (Å²) in [6, 6.07) is 0.163. The molecule has 84 valence electrons. The predicted molar refractivity (Wildman–Crippen MR) is 55.7 cm³/mol. The quantitative estimate of drug-likeness (QED) is 0.762. The molecule has 1 rings (SSSR count). The maximum Gasteiger partial charge on any atom is 0.313 e. The lowest BCUT2D eigenvalue weighted by molar-refractivity contribution is -0.133. The van der Waals surface area contributed by atoms with Gasteiger partial charge in [0.25, 0.3) is 0 Å². The highest BCUT2D eigenvalue weighted by Gasteiger charge is 2.16. The molecule has 0 fully saturated rings. The van der Waals surface area contributed by atoms with Gasteiger partial charge in [-0.2, -0.15) is 0 Å². The van der Waals surface area contributed by atoms with E-state index in [1.807, 2.05) is 6.92 Å². The second-order valence-corrected chi connectivity index (χ2v) is 4.52. The normalized spacial score (nSPS) is 13.1. The monoisotopic (exact) mass is 230 g/mol. The van der Waals surface area contributed by atoms with E-state index in [-0.39, 0.29) is 11.8 Å². The Bertz CT molecular complexity index is 339. The number of carboxylic acid groups (broad SMARTS) is 1. The zero-order valence-electron chi connectivity index (χ0n) is 8.91. The summed E-state index contributed by atoms with van der Waals surface area (Å²) < 4.78 is 1.66. The van der Waals surface area contributed by atoms with Crippen LogP contribution in [0.25, 0.3) is 0 Å². The number of carbonyl (C=O) groups is 1. The molecule has 1 N–H and O–H groups in total. The maximum atomic E-state index is 10.4. The molecule has 0 saturated heterocycles. The summed E-state index contributed by atoms with van der Waals surface area (Å²) in [7, 11) is 0. The topological polar surface area (TPSA) is 80.9 Å². The van der Waals surface area contributed by atoms with Crippen LogP contribution in [0.5, 0.6) is 0 Å². The Morgan fingerprint density at radius 1 is 1.53 bits per heavy atom. The molecule has 15 heavy (non-hydrogen) atoms. The van der Waals surface area contributed by atoms with Crippen LogP contribution in [0.2, 0.25) is 0 Å². The van der Waals surface area contributed by atoms with E-state index in [2.05, 4.69) is 29.4 Å². The van der Waals surface area contributed by atoms with Gasteiger partial charge in [0.05, 0.1) is 11.8 Å². The molecule has 0 aliphatic rings. The Balaban J connectivity index is 2.73. The summed E-state index contributed by atoms with van der Waals surface area (Å²) in [5.74, 6) is -0.491. The Labute approximate surface area is 92.0 Å². The number of hydrogen-bond acceptors (Lipinski definition) is 5. The smallest absolute Gasteiger partial charge is 0.313 e. The number of tetrazole rings is 1. The molecule has 0 radical (unpaired) electrons. The molecule has 1 unspecified atom stereocenters. The first kappa shape index (κ1) is 12.0. The summed E-state index contributed by atoms with van der Waals surface area (Å²) in [6.07, 6.45) is 0. The zero-order valence-corrected chi connectivity index (χ0v) is 9.73. The van der Waals surface area contributed by atoms with Crippen LogP contribution in [0.1, 0.15) is 26.8 Å². The molecule has 1 aromatic rings. The number of aromatic nitrogens is 4. The van der Waals surface area contributed by atoms with Crippen molar-refractivity contribution in [1.82, 2.24) is 20.2 Å². The van der Waals surface area contributed by atoms with Gasteiger partial charge in [0.15, 0.2) is 0 Å². The fourth-order valence-electron chi connectivity index (χ4n) is 0.945. The summed E-state index contributed by atoms with van der Waals surface area (Å²) in [5, 5.41) is 20.3. The van der Waals surface area contributed by atoms with Gasteiger partial charge in [-0.15, -0.1) is 5.10 Å². The minimum Gasteiger partial charge on any atom is -0.481 e. The molecular formula is C8H14N4O2S. The van der Waals surface area contributed by atoms with Crippen LogP contribution < -0.4 is 0 Å². The average molecular weight is 230 g/mol. The average Bonchev–Trinajstić information content (AvgIpc) is 2.60. The molecule has 0 bridgehead atoms. The van der Waals surface area contributed by atoms with Crippen molar-refractivity contribution in [3.05, 3.63) is 0 Å². The van der Waals surface area contributed by atoms with Crippen LogP contribution in [0, 0.1) is 5.92 Å². The number of hydrogen-bond donors (Lipinski definition) is 1. The number of thioether (sulfide) groups is 1. The Morgan fingerprint density at radius 2 is 2.20 bits per heavy atom. The van der Waals surface area contributed by atoms with Gasteiger partial charge < -0.3 is 5.11 Å². The Kier molecular flexibility index (Phi) is 4.07. The van der Waals surface area contributed by atoms with Gasteiger partial charge in [0.2, 0.25) is 5.16 Å². The largest absolute Gasteiger partial charge is 0.481 e. The molecule has 0 aliphatic carbocycles. The first-order valence-electron chi connectivity index (χ1n) is 4.64. The molecule has 1 heterocycles. The summed E-state index contributed by atoms with van der Waals surface area (Å²) in [4.78, 5) is 10.4. The van der Waals surface area contributed by atoms with Gasteiger partial charge in [0.1, 0.15) is 0 Å². The van der Waals surface area contributed by atoms with Crippen molar-refractivity contribution in [2.24, 2.45) is 5.92 Å². The van der Waals surface area contributed by atoms with Gasteiger partial charge in [0, 0.05) is 0 Å². The SMILES string of the molecule is CC(C)C(C)n1nnnc1SCC(=O)O. The van der Waals surface area contributed by atoms with Crippen LogP contribution in [0.3, 0.4) is 0 Å². The van der Waals surface area contributed by atoms with Gasteiger partial charge in [-0.05, 0) is 23.3 Å². The van der Waals surface area contributed by atoms with Gasteiger partial charge in [-0.1, -0.05) is 25.6 Å². The first-order chi connectivity index (χ1) is 7.02. The number of nitrogens with zero attached hydrogens (tertiary/aromatic N) is 4. The van der Waals surface area contributed by atoms with Gasteiger partial charge in [-0.25, -0.2) is 4.68 Å². The summed E-state index contributed by atoms with van der Waals surface area (Å²) in [6.45, 7) is 6.14. The highest BCUT2D eigenvalue weighted by molar-refractivity contribution is 7.99. The molecule has 0 aliphatic heterocycles. The number of carboxylic acids is 1. The van der Waals surface area contributed by atoms with Crippen molar-refractivity contribution >= 4 is 17.7 Å². The van der Waals surface area contributed by atoms with Crippen molar-refractivity contribution in [3.8, 4) is 0 Å². The van der Waals surface area contributed by atoms with E-state index in [0.29, 0.717) is 11.1 Å². The third kappa shape index (κ3) is 3.19. The lowest BCUT2D eigenvalue weighted by atomic mass is 10.1. The summed E-state index contributed by atoms with van der Waals surface area (Å²) >= 11 is 1.13. The van der Waals surface area contributed by atoms with Crippen LogP contribution >= 0.6 is 11.8 Å². The third-order valence-corrected chi connectivity index (χ3v) is 3.06. The Morgan fingerprint density at radius 3 is 2.73 bits per heavy atom. The van der Waals surface area contributed by atoms with Crippen LogP contribution in [0.15, 0.2) is 5.16 Å². The molecule has 0 aromatic carbocycles. The van der Waals surface area contributed by atoms with E-state index in [0.717, 1.165) is 11.8 Å². The fourth-order valence-corrected chi connectivity index (χ4v) is 1.63. The first-order valence-corrected chi connectivity index (χ1v) is 5.63. The standard InChI is InChI=1S/C8H14N4O2S/c1-5(2)6(3)12-8(9-10-11-12)15-4-7(13)14/h5-6H,4H2,1-3H3,(H,13,14). The molecule has 0 amide bonds. The molecule has 1 atom stereocenters. The lowest BCUT2D eigenvalue weighted by Crippen LogP contribution is -2.14. The fraction of sp³-hybridized carbons (Fsp3) is 0.750. The molecule has 1 aromatic heterocycles. The van der Waals surface area contributed by atoms with Crippen molar-refractivity contribution in [1.29, 1.82) is 0 Å². The van der Waals surface area contributed by atoms with Crippen molar-refractivity contribution < 1.29 is 9.90 Å². The second kappa shape index (κ2) is 5.11. The number of aliphatic carboxylic acids is 1. The highest BCUT2D eigenvalue weighted by Crippen LogP contribution is 2.21. The van der Waals surface area contributed by atoms with E-state index in [1.54, 1.807) is 4.68 Å². The van der Waals surface area contributed by atoms with E-state index in [9.17, 15) is 4.79 Å². The molecule has 0 spiro atoms. The third-order valence-electron chi connectivity index (χ3n) is 2.14. The van der Waals surface area contributed by atoms with Gasteiger partial charge >= 0.3 is 5.97 Å². The van der Waals surface area contributed by atoms with E-state index < -0.39 is 5.97 Å². The van der Waals surface area contributed by atoms with Crippen molar-refractivity contribution in [2.75, 3.05) is 5.75 Å². The molecular weight excluding hydrogens is 216 g/mol. The van der Waals surface area contributed by atoms with Crippen LogP contribution in [0.4, 0.5) is 0 Å². The predicted octanol–water partition coefficient (Wildman–Crippen LogP) is 1.07. The van der Waals surface area contributed by atoms with Crippen LogP contribution in [-0.4, -0.2) is 37.0 Å². The van der Waals surface area contributed by atoms with Crippen molar-refractivity contribution in [2.45, 2.75) is 32.0 Å². The van der Waals surface area contributed by atoms with E-state index >= 15 is 0 Å². The zero-order chi connectivity index (χ0) is 11.4. The molecule has 6 nitrogen and oxygen atoms in total. The van der Waals surface area contributed by atoms with E-state index in [1.165, 1.54) is 0 Å². The lowest BCUT2D eigenvalue weighted by Gasteiger charge is -2.16. The maximum absolute atomic E-state index is 10.4. The summed E-state index contributed by atoms with van der Waals surface area (Å²) in [5.41, 5.74) is 0. The van der Waals surface area contributed by atoms with Gasteiger partial charge in [-0.3, -0.25) is 4.79 Å². The minimum atomic E-state index is -0.869. The van der Waals surface area contributed by atoms with Crippen molar-refractivity contribution in [3.63, 3.8) is 0 Å². The number of rotatable bonds is 5. The van der Waals surface area contributed by atoms with Crippen LogP contribution in [-0.2, 0) is 4.79 Å². The van der Waals surface area contributed by atoms with E-state index in [4.69, 9.17) is 5.11 Å². The molecule has 7 heteroatoms.